The van der Waals surface area contributed by atoms with Gasteiger partial charge in [0, 0.05) is 5.02 Å². The van der Waals surface area contributed by atoms with Gasteiger partial charge in [-0.1, -0.05) is 69.6 Å². The third-order valence-electron chi connectivity index (χ3n) is 2.18. The van der Waals surface area contributed by atoms with Gasteiger partial charge in [-0.15, -0.1) is 0 Å². The molecule has 0 radical (unpaired) electrons. The lowest BCUT2D eigenvalue weighted by Gasteiger charge is -2.13. The second-order valence-corrected chi connectivity index (χ2v) is 5.89. The normalized spacial score (nSPS) is 10.6. The Kier molecular flexibility index (Phi) is 4.99. The van der Waals surface area contributed by atoms with Crippen molar-refractivity contribution in [3.63, 3.8) is 0 Å². The molecule has 0 N–H and O–H groups in total. The van der Waals surface area contributed by atoms with E-state index >= 15 is 0 Å². The van der Waals surface area contributed by atoms with Gasteiger partial charge in [0.05, 0.1) is 15.1 Å². The maximum atomic E-state index is 6.03. The molecule has 0 spiro atoms. The molecule has 0 atom stereocenters. The summed E-state index contributed by atoms with van der Waals surface area (Å²) in [5, 5.41) is 1.57. The summed E-state index contributed by atoms with van der Waals surface area (Å²) in [6.45, 7) is 0. The van der Waals surface area contributed by atoms with E-state index in [2.05, 4.69) is 0 Å². The van der Waals surface area contributed by atoms with E-state index in [0.717, 1.165) is 0 Å². The van der Waals surface area contributed by atoms with Crippen molar-refractivity contribution in [3.05, 3.63) is 54.4 Å². The van der Waals surface area contributed by atoms with Crippen molar-refractivity contribution >= 4 is 69.6 Å². The third kappa shape index (κ3) is 3.36. The lowest BCUT2D eigenvalue weighted by Crippen LogP contribution is -1.89. The zero-order chi connectivity index (χ0) is 14.2. The quantitative estimate of drug-likeness (QED) is 0.496. The van der Waals surface area contributed by atoms with Gasteiger partial charge in [-0.2, -0.15) is 0 Å². The minimum absolute atomic E-state index is 0.144. The van der Waals surface area contributed by atoms with Crippen LogP contribution in [-0.2, 0) is 0 Å². The van der Waals surface area contributed by atoms with Crippen molar-refractivity contribution in [2.24, 2.45) is 0 Å². The summed E-state index contributed by atoms with van der Waals surface area (Å²) in [6, 6.07) is 6.18. The highest BCUT2D eigenvalue weighted by Crippen LogP contribution is 2.45. The lowest BCUT2D eigenvalue weighted by molar-refractivity contribution is 0.483. The largest absolute Gasteiger partial charge is 0.453 e. The highest BCUT2D eigenvalue weighted by Gasteiger charge is 2.17. The molecule has 1 nitrogen and oxygen atoms in total. The van der Waals surface area contributed by atoms with Gasteiger partial charge in [0.1, 0.15) is 15.8 Å². The van der Waals surface area contributed by atoms with E-state index in [0.29, 0.717) is 15.8 Å². The van der Waals surface area contributed by atoms with Gasteiger partial charge in [0.25, 0.3) is 0 Å². The van der Waals surface area contributed by atoms with Crippen molar-refractivity contribution in [1.29, 1.82) is 0 Å². The summed E-state index contributed by atoms with van der Waals surface area (Å²) in [5.74, 6) is 0.484. The van der Waals surface area contributed by atoms with E-state index in [4.69, 9.17) is 74.3 Å². The van der Waals surface area contributed by atoms with E-state index in [1.54, 1.807) is 12.1 Å². The smallest absolute Gasteiger partial charge is 0.167 e. The van der Waals surface area contributed by atoms with Crippen molar-refractivity contribution < 1.29 is 4.74 Å². The van der Waals surface area contributed by atoms with Crippen LogP contribution in [0, 0.1) is 0 Å². The van der Waals surface area contributed by atoms with E-state index < -0.39 is 0 Å². The predicted octanol–water partition coefficient (Wildman–Crippen LogP) is 7.40. The standard InChI is InChI=1S/C12H4Cl6O/c13-5-1-2-9(6(14)3-5)19-12-10(17)7(15)4-8(16)11(12)18/h1-4H. The van der Waals surface area contributed by atoms with Crippen LogP contribution in [0.5, 0.6) is 11.5 Å². The monoisotopic (exact) mass is 374 g/mol. The Hall–Kier alpha value is -0.0200. The Morgan fingerprint density at radius 3 is 1.79 bits per heavy atom. The van der Waals surface area contributed by atoms with E-state index in [-0.39, 0.29) is 25.8 Å². The molecule has 7 heteroatoms. The van der Waals surface area contributed by atoms with Crippen LogP contribution in [0.4, 0.5) is 0 Å². The van der Waals surface area contributed by atoms with Gasteiger partial charge >= 0.3 is 0 Å². The first-order valence-electron chi connectivity index (χ1n) is 4.86. The number of hydrogen-bond donors (Lipinski definition) is 0. The van der Waals surface area contributed by atoms with Crippen LogP contribution in [0.2, 0.25) is 30.1 Å². The van der Waals surface area contributed by atoms with Crippen molar-refractivity contribution in [3.8, 4) is 11.5 Å². The SMILES string of the molecule is Clc1ccc(Oc2c(Cl)c(Cl)cc(Cl)c2Cl)c(Cl)c1. The first-order valence-corrected chi connectivity index (χ1v) is 7.13. The van der Waals surface area contributed by atoms with Crippen LogP contribution < -0.4 is 4.74 Å². The molecule has 0 unspecified atom stereocenters. The lowest BCUT2D eigenvalue weighted by atomic mass is 10.3. The first kappa shape index (κ1) is 15.4. The molecule has 0 heterocycles. The van der Waals surface area contributed by atoms with Crippen LogP contribution in [0.3, 0.4) is 0 Å². The van der Waals surface area contributed by atoms with Crippen LogP contribution in [0.15, 0.2) is 24.3 Å². The molecule has 0 aliphatic carbocycles. The van der Waals surface area contributed by atoms with Gasteiger partial charge in [-0.25, -0.2) is 0 Å². The number of hydrogen-bond acceptors (Lipinski definition) is 1. The molecule has 19 heavy (non-hydrogen) atoms. The van der Waals surface area contributed by atoms with Gasteiger partial charge in [-0.3, -0.25) is 0 Å². The molecule has 0 bridgehead atoms. The van der Waals surface area contributed by atoms with Gasteiger partial charge in [0.2, 0.25) is 0 Å². The Morgan fingerprint density at radius 2 is 1.26 bits per heavy atom. The van der Waals surface area contributed by atoms with Crippen LogP contribution in [-0.4, -0.2) is 0 Å². The highest BCUT2D eigenvalue weighted by molar-refractivity contribution is 6.48. The van der Waals surface area contributed by atoms with E-state index in [9.17, 15) is 0 Å². The Balaban J connectivity index is 2.49. The number of benzene rings is 2. The maximum absolute atomic E-state index is 6.03. The first-order chi connectivity index (χ1) is 8.90. The molecule has 0 amide bonds. The van der Waals surface area contributed by atoms with Crippen molar-refractivity contribution in [2.75, 3.05) is 0 Å². The summed E-state index contributed by atoms with van der Waals surface area (Å²) in [5.41, 5.74) is 0. The van der Waals surface area contributed by atoms with Gasteiger partial charge in [-0.05, 0) is 24.3 Å². The molecule has 2 aromatic rings. The topological polar surface area (TPSA) is 9.23 Å². The summed E-state index contributed by atoms with van der Waals surface area (Å²) in [4.78, 5) is 0. The third-order valence-corrected chi connectivity index (χ3v) is 4.25. The zero-order valence-electron chi connectivity index (χ0n) is 8.99. The van der Waals surface area contributed by atoms with E-state index in [1.165, 1.54) is 12.1 Å². The molecular formula is C12H4Cl6O. The molecule has 0 saturated carbocycles. The summed E-state index contributed by atoms with van der Waals surface area (Å²) >= 11 is 35.7. The molecule has 2 rings (SSSR count). The van der Waals surface area contributed by atoms with Crippen molar-refractivity contribution in [2.45, 2.75) is 0 Å². The Labute approximate surface area is 139 Å². The minimum atomic E-state index is 0.144. The zero-order valence-corrected chi connectivity index (χ0v) is 13.5. The number of ether oxygens (including phenoxy) is 1. The fourth-order valence-electron chi connectivity index (χ4n) is 1.31. The van der Waals surface area contributed by atoms with E-state index in [1.807, 2.05) is 0 Å². The molecule has 0 saturated heterocycles. The van der Waals surface area contributed by atoms with Crippen LogP contribution in [0.1, 0.15) is 0 Å². The molecule has 2 aromatic carbocycles. The van der Waals surface area contributed by atoms with Crippen molar-refractivity contribution in [1.82, 2.24) is 0 Å². The minimum Gasteiger partial charge on any atom is -0.453 e. The average Bonchev–Trinajstić information content (AvgIpc) is 2.34. The van der Waals surface area contributed by atoms with Gasteiger partial charge < -0.3 is 4.74 Å². The molecule has 0 fully saturated rings. The predicted molar refractivity (Wildman–Crippen MR) is 83.0 cm³/mol. The van der Waals surface area contributed by atoms with Gasteiger partial charge in [0.15, 0.2) is 5.75 Å². The summed E-state index contributed by atoms with van der Waals surface area (Å²) in [6.07, 6.45) is 0. The average molecular weight is 377 g/mol. The van der Waals surface area contributed by atoms with Crippen LogP contribution in [0.25, 0.3) is 0 Å². The van der Waals surface area contributed by atoms with Crippen LogP contribution >= 0.6 is 69.6 Å². The fourth-order valence-corrected chi connectivity index (χ4v) is 2.63. The molecule has 0 aliphatic rings. The second-order valence-electron chi connectivity index (χ2n) is 3.47. The highest BCUT2D eigenvalue weighted by atomic mass is 35.5. The molecule has 0 aliphatic heterocycles. The fraction of sp³-hybridized carbons (Fsp3) is 0. The second kappa shape index (κ2) is 6.17. The number of halogens is 6. The summed E-state index contributed by atoms with van der Waals surface area (Å²) in [7, 11) is 0. The Morgan fingerprint density at radius 1 is 0.684 bits per heavy atom. The Bertz CT molecular complexity index is 614. The number of rotatable bonds is 2. The molecular weight excluding hydrogens is 373 g/mol. The maximum Gasteiger partial charge on any atom is 0.167 e. The summed E-state index contributed by atoms with van der Waals surface area (Å²) < 4.78 is 5.56. The molecule has 0 aromatic heterocycles. The molecule has 100 valence electrons.